The lowest BCUT2D eigenvalue weighted by molar-refractivity contribution is -0.116. The molecule has 3 nitrogen and oxygen atoms in total. The molecule has 1 aliphatic rings. The van der Waals surface area contributed by atoms with E-state index < -0.39 is 0 Å². The minimum atomic E-state index is 0.345. The van der Waals surface area contributed by atoms with E-state index in [9.17, 15) is 4.79 Å². The Morgan fingerprint density at radius 1 is 1.18 bits per heavy atom. The van der Waals surface area contributed by atoms with Crippen molar-refractivity contribution in [1.82, 2.24) is 0 Å². The monoisotopic (exact) mass is 232 g/mol. The maximum atomic E-state index is 11.2. The fraction of sp³-hybridized carbons (Fsp3) is 0.500. The molecule has 1 saturated heterocycles. The summed E-state index contributed by atoms with van der Waals surface area (Å²) in [6, 6.07) is 8.52. The lowest BCUT2D eigenvalue weighted by atomic mass is 10.2. The Kier molecular flexibility index (Phi) is 3.67. The molecule has 1 heterocycles. The van der Waals surface area contributed by atoms with Crippen LogP contribution in [0.2, 0.25) is 0 Å². The fourth-order valence-corrected chi connectivity index (χ4v) is 2.31. The number of hydrogen-bond donors (Lipinski definition) is 0. The van der Waals surface area contributed by atoms with Crippen molar-refractivity contribution in [3.63, 3.8) is 0 Å². The summed E-state index contributed by atoms with van der Waals surface area (Å²) in [7, 11) is 0. The Morgan fingerprint density at radius 2 is 1.82 bits per heavy atom. The minimum Gasteiger partial charge on any atom is -0.372 e. The largest absolute Gasteiger partial charge is 0.372 e. The maximum Gasteiger partial charge on any atom is 0.153 e. The first-order valence-electron chi connectivity index (χ1n) is 6.36. The van der Waals surface area contributed by atoms with Crippen molar-refractivity contribution in [2.45, 2.75) is 20.3 Å². The standard InChI is InChI=1S/C14H20N2O/c1-3-15(4-2)12-5-7-13(8-6-12)16-10-9-14(17)11-16/h5-8H,3-4,9-11H2,1-2H3. The van der Waals surface area contributed by atoms with Crippen molar-refractivity contribution >= 4 is 17.2 Å². The Balaban J connectivity index is 2.10. The van der Waals surface area contributed by atoms with E-state index in [0.717, 1.165) is 25.3 Å². The fourth-order valence-electron chi connectivity index (χ4n) is 2.31. The minimum absolute atomic E-state index is 0.345. The SMILES string of the molecule is CCN(CC)c1ccc(N2CCC(=O)C2)cc1. The van der Waals surface area contributed by atoms with Gasteiger partial charge in [0.05, 0.1) is 6.54 Å². The summed E-state index contributed by atoms with van der Waals surface area (Å²) in [6.45, 7) is 7.82. The number of rotatable bonds is 4. The van der Waals surface area contributed by atoms with E-state index in [1.54, 1.807) is 0 Å². The molecule has 0 bridgehead atoms. The predicted octanol–water partition coefficient (Wildman–Crippen LogP) is 2.31. The number of carbonyl (C=O) groups excluding carboxylic acids is 1. The highest BCUT2D eigenvalue weighted by Crippen LogP contribution is 2.22. The van der Waals surface area contributed by atoms with Crippen LogP contribution in [0.3, 0.4) is 0 Å². The molecule has 1 fully saturated rings. The van der Waals surface area contributed by atoms with Crippen molar-refractivity contribution in [3.8, 4) is 0 Å². The average molecular weight is 232 g/mol. The van der Waals surface area contributed by atoms with Crippen LogP contribution < -0.4 is 9.80 Å². The van der Waals surface area contributed by atoms with E-state index >= 15 is 0 Å². The summed E-state index contributed by atoms with van der Waals surface area (Å²) in [5.74, 6) is 0.345. The van der Waals surface area contributed by atoms with Crippen molar-refractivity contribution in [1.29, 1.82) is 0 Å². The van der Waals surface area contributed by atoms with Crippen LogP contribution in [0.25, 0.3) is 0 Å². The lowest BCUT2D eigenvalue weighted by Crippen LogP contribution is -2.22. The van der Waals surface area contributed by atoms with Crippen LogP contribution >= 0.6 is 0 Å². The molecule has 1 aliphatic heterocycles. The molecule has 17 heavy (non-hydrogen) atoms. The van der Waals surface area contributed by atoms with E-state index in [4.69, 9.17) is 0 Å². The zero-order valence-electron chi connectivity index (χ0n) is 10.6. The third kappa shape index (κ3) is 2.60. The number of ketones is 1. The first-order chi connectivity index (χ1) is 8.24. The van der Waals surface area contributed by atoms with E-state index in [1.165, 1.54) is 5.69 Å². The summed E-state index contributed by atoms with van der Waals surface area (Å²) in [5.41, 5.74) is 2.41. The Morgan fingerprint density at radius 3 is 2.29 bits per heavy atom. The number of anilines is 2. The number of nitrogens with zero attached hydrogens (tertiary/aromatic N) is 2. The Labute approximate surface area is 103 Å². The van der Waals surface area contributed by atoms with Crippen LogP contribution in [0.5, 0.6) is 0 Å². The molecule has 0 aliphatic carbocycles. The summed E-state index contributed by atoms with van der Waals surface area (Å²) < 4.78 is 0. The molecule has 92 valence electrons. The molecular weight excluding hydrogens is 212 g/mol. The molecular formula is C14H20N2O. The molecule has 0 radical (unpaired) electrons. The van der Waals surface area contributed by atoms with Gasteiger partial charge in [-0.05, 0) is 38.1 Å². The highest BCUT2D eigenvalue weighted by molar-refractivity contribution is 5.87. The van der Waals surface area contributed by atoms with E-state index in [-0.39, 0.29) is 0 Å². The van der Waals surface area contributed by atoms with Gasteiger partial charge in [-0.15, -0.1) is 0 Å². The van der Waals surface area contributed by atoms with Crippen LogP contribution in [0.15, 0.2) is 24.3 Å². The van der Waals surface area contributed by atoms with Crippen LogP contribution in [-0.4, -0.2) is 32.0 Å². The second-order valence-corrected chi connectivity index (χ2v) is 4.40. The van der Waals surface area contributed by atoms with Gasteiger partial charge in [-0.1, -0.05) is 0 Å². The third-order valence-corrected chi connectivity index (χ3v) is 3.37. The molecule has 3 heteroatoms. The molecule has 0 atom stereocenters. The quantitative estimate of drug-likeness (QED) is 0.796. The highest BCUT2D eigenvalue weighted by atomic mass is 16.1. The van der Waals surface area contributed by atoms with Crippen molar-refractivity contribution in [2.24, 2.45) is 0 Å². The van der Waals surface area contributed by atoms with Gasteiger partial charge in [0.15, 0.2) is 5.78 Å². The van der Waals surface area contributed by atoms with Crippen LogP contribution in [0, 0.1) is 0 Å². The summed E-state index contributed by atoms with van der Waals surface area (Å²) >= 11 is 0. The zero-order valence-corrected chi connectivity index (χ0v) is 10.6. The van der Waals surface area contributed by atoms with Crippen molar-refractivity contribution in [3.05, 3.63) is 24.3 Å². The molecule has 0 saturated carbocycles. The third-order valence-electron chi connectivity index (χ3n) is 3.37. The molecule has 1 aromatic carbocycles. The van der Waals surface area contributed by atoms with Crippen molar-refractivity contribution < 1.29 is 4.79 Å². The van der Waals surface area contributed by atoms with E-state index in [1.807, 2.05) is 0 Å². The number of benzene rings is 1. The van der Waals surface area contributed by atoms with E-state index in [2.05, 4.69) is 47.9 Å². The topological polar surface area (TPSA) is 23.6 Å². The van der Waals surface area contributed by atoms with Crippen LogP contribution in [-0.2, 0) is 4.79 Å². The second kappa shape index (κ2) is 5.21. The molecule has 0 N–H and O–H groups in total. The second-order valence-electron chi connectivity index (χ2n) is 4.40. The Bertz CT molecular complexity index is 382. The first-order valence-corrected chi connectivity index (χ1v) is 6.36. The van der Waals surface area contributed by atoms with Crippen LogP contribution in [0.1, 0.15) is 20.3 Å². The maximum absolute atomic E-state index is 11.2. The van der Waals surface area contributed by atoms with Gasteiger partial charge in [-0.2, -0.15) is 0 Å². The molecule has 0 aromatic heterocycles. The van der Waals surface area contributed by atoms with Gasteiger partial charge >= 0.3 is 0 Å². The van der Waals surface area contributed by atoms with E-state index in [0.29, 0.717) is 18.7 Å². The molecule has 0 unspecified atom stereocenters. The van der Waals surface area contributed by atoms with Gasteiger partial charge in [0.2, 0.25) is 0 Å². The average Bonchev–Trinajstić information content (AvgIpc) is 2.78. The highest BCUT2D eigenvalue weighted by Gasteiger charge is 2.19. The van der Waals surface area contributed by atoms with Crippen molar-refractivity contribution in [2.75, 3.05) is 36.0 Å². The van der Waals surface area contributed by atoms with Gasteiger partial charge in [-0.3, -0.25) is 4.79 Å². The summed E-state index contributed by atoms with van der Waals surface area (Å²) in [5, 5.41) is 0. The molecule has 1 aromatic rings. The first kappa shape index (κ1) is 12.0. The molecule has 0 spiro atoms. The summed E-state index contributed by atoms with van der Waals surface area (Å²) in [4.78, 5) is 15.7. The zero-order chi connectivity index (χ0) is 12.3. The molecule has 0 amide bonds. The number of carbonyl (C=O) groups is 1. The van der Waals surface area contributed by atoms with Gasteiger partial charge in [0, 0.05) is 37.4 Å². The number of hydrogen-bond acceptors (Lipinski definition) is 3. The lowest BCUT2D eigenvalue weighted by Gasteiger charge is -2.22. The van der Waals surface area contributed by atoms with Gasteiger partial charge in [0.25, 0.3) is 0 Å². The normalized spacial score (nSPS) is 15.4. The Hall–Kier alpha value is -1.51. The molecule has 2 rings (SSSR count). The number of Topliss-reactive ketones (excluding diaryl/α,β-unsaturated/α-hetero) is 1. The van der Waals surface area contributed by atoms with Gasteiger partial charge in [-0.25, -0.2) is 0 Å². The smallest absolute Gasteiger partial charge is 0.153 e. The van der Waals surface area contributed by atoms with Crippen LogP contribution in [0.4, 0.5) is 11.4 Å². The van der Waals surface area contributed by atoms with Gasteiger partial charge in [0.1, 0.15) is 0 Å². The van der Waals surface area contributed by atoms with Gasteiger partial charge < -0.3 is 9.80 Å². The predicted molar refractivity (Wildman–Crippen MR) is 71.8 cm³/mol. The summed E-state index contributed by atoms with van der Waals surface area (Å²) in [6.07, 6.45) is 0.692.